The van der Waals surface area contributed by atoms with Crippen LogP contribution in [0.1, 0.15) is 0 Å². The van der Waals surface area contributed by atoms with Gasteiger partial charge in [-0.2, -0.15) is 0 Å². The van der Waals surface area contributed by atoms with E-state index < -0.39 is 5.82 Å². The van der Waals surface area contributed by atoms with Crippen molar-refractivity contribution >= 4 is 38.7 Å². The third kappa shape index (κ3) is 0.974. The summed E-state index contributed by atoms with van der Waals surface area (Å²) in [6.07, 6.45) is 0. The fourth-order valence-electron chi connectivity index (χ4n) is 1.09. The van der Waals surface area contributed by atoms with Gasteiger partial charge in [-0.1, -0.05) is 11.6 Å². The predicted molar refractivity (Wildman–Crippen MR) is 51.2 cm³/mol. The van der Waals surface area contributed by atoms with Crippen LogP contribution in [0.3, 0.4) is 0 Å². The second-order valence-electron chi connectivity index (χ2n) is 2.42. The van der Waals surface area contributed by atoms with Crippen molar-refractivity contribution in [2.45, 2.75) is 0 Å². The van der Waals surface area contributed by atoms with E-state index in [9.17, 15) is 4.39 Å². The Morgan fingerprint density at radius 1 is 1.50 bits per heavy atom. The van der Waals surface area contributed by atoms with Crippen LogP contribution in [0.5, 0.6) is 0 Å². The van der Waals surface area contributed by atoms with Crippen LogP contribution in [-0.4, -0.2) is 0 Å². The number of rotatable bonds is 0. The van der Waals surface area contributed by atoms with Gasteiger partial charge >= 0.3 is 0 Å². The number of anilines is 1. The van der Waals surface area contributed by atoms with Gasteiger partial charge < -0.3 is 5.73 Å². The van der Waals surface area contributed by atoms with E-state index in [0.29, 0.717) is 10.4 Å². The number of nitrogen functional groups attached to an aromatic ring is 1. The molecule has 1 aromatic carbocycles. The molecule has 0 aliphatic carbocycles. The Labute approximate surface area is 77.6 Å². The summed E-state index contributed by atoms with van der Waals surface area (Å²) < 4.78 is 13.7. The summed E-state index contributed by atoms with van der Waals surface area (Å²) in [5.74, 6) is -0.455. The zero-order valence-electron chi connectivity index (χ0n) is 5.97. The molecule has 12 heavy (non-hydrogen) atoms. The van der Waals surface area contributed by atoms with Crippen LogP contribution < -0.4 is 5.73 Å². The molecule has 0 aliphatic rings. The van der Waals surface area contributed by atoms with Crippen molar-refractivity contribution in [3.8, 4) is 0 Å². The van der Waals surface area contributed by atoms with Gasteiger partial charge in [-0.25, -0.2) is 4.39 Å². The summed E-state index contributed by atoms with van der Waals surface area (Å²) in [5.41, 5.74) is 6.02. The van der Waals surface area contributed by atoms with Crippen molar-refractivity contribution in [3.05, 3.63) is 28.4 Å². The Bertz CT molecular complexity index is 438. The Kier molecular flexibility index (Phi) is 1.70. The maximum atomic E-state index is 13.0. The first kappa shape index (κ1) is 7.83. The molecular formula is C8H5ClFNS. The maximum Gasteiger partial charge on any atom is 0.145 e. The molecule has 2 N–H and O–H groups in total. The van der Waals surface area contributed by atoms with Crippen molar-refractivity contribution in [3.63, 3.8) is 0 Å². The van der Waals surface area contributed by atoms with Gasteiger partial charge in [0.1, 0.15) is 5.82 Å². The number of thiophene rings is 1. The average Bonchev–Trinajstić information content (AvgIpc) is 2.48. The highest BCUT2D eigenvalue weighted by Gasteiger charge is 2.08. The molecule has 2 aromatic rings. The first-order valence-electron chi connectivity index (χ1n) is 3.31. The highest BCUT2D eigenvalue weighted by molar-refractivity contribution is 7.18. The molecule has 0 fully saturated rings. The number of nitrogens with two attached hydrogens (primary N) is 1. The SMILES string of the molecule is Nc1cc(F)c(Cl)c2sccc12. The van der Waals surface area contributed by atoms with E-state index >= 15 is 0 Å². The molecule has 0 aliphatic heterocycles. The summed E-state index contributed by atoms with van der Waals surface area (Å²) >= 11 is 7.11. The van der Waals surface area contributed by atoms with Crippen LogP contribution in [0.15, 0.2) is 17.5 Å². The Morgan fingerprint density at radius 2 is 2.25 bits per heavy atom. The molecule has 2 rings (SSSR count). The van der Waals surface area contributed by atoms with Gasteiger partial charge in [0, 0.05) is 11.1 Å². The minimum atomic E-state index is -0.455. The summed E-state index contributed by atoms with van der Waals surface area (Å²) in [6, 6.07) is 3.08. The topological polar surface area (TPSA) is 26.0 Å². The van der Waals surface area contributed by atoms with Gasteiger partial charge in [-0.3, -0.25) is 0 Å². The molecule has 0 unspecified atom stereocenters. The van der Waals surface area contributed by atoms with Crippen molar-refractivity contribution < 1.29 is 4.39 Å². The first-order chi connectivity index (χ1) is 5.70. The number of fused-ring (bicyclic) bond motifs is 1. The van der Waals surface area contributed by atoms with E-state index in [4.69, 9.17) is 17.3 Å². The minimum absolute atomic E-state index is 0.161. The monoisotopic (exact) mass is 201 g/mol. The normalized spacial score (nSPS) is 10.8. The Morgan fingerprint density at radius 3 is 3.00 bits per heavy atom. The van der Waals surface area contributed by atoms with E-state index in [1.165, 1.54) is 17.4 Å². The molecule has 1 aromatic heterocycles. The second-order valence-corrected chi connectivity index (χ2v) is 3.72. The number of halogens is 2. The average molecular weight is 202 g/mol. The third-order valence-corrected chi connectivity index (χ3v) is 3.08. The molecule has 0 saturated carbocycles. The highest BCUT2D eigenvalue weighted by Crippen LogP contribution is 2.34. The summed E-state index contributed by atoms with van der Waals surface area (Å²) in [6.45, 7) is 0. The van der Waals surface area contributed by atoms with Crippen molar-refractivity contribution in [2.75, 3.05) is 5.73 Å². The second kappa shape index (κ2) is 2.61. The quantitative estimate of drug-likeness (QED) is 0.651. The van der Waals surface area contributed by atoms with Crippen molar-refractivity contribution in [2.24, 2.45) is 0 Å². The van der Waals surface area contributed by atoms with Crippen LogP contribution in [0.4, 0.5) is 10.1 Å². The van der Waals surface area contributed by atoms with Crippen LogP contribution in [0, 0.1) is 5.82 Å². The molecule has 0 amide bonds. The molecular weight excluding hydrogens is 197 g/mol. The van der Waals surface area contributed by atoms with Gasteiger partial charge in [0.25, 0.3) is 0 Å². The van der Waals surface area contributed by atoms with Gasteiger partial charge in [0.2, 0.25) is 0 Å². The van der Waals surface area contributed by atoms with Crippen LogP contribution in [-0.2, 0) is 0 Å². The zero-order chi connectivity index (χ0) is 8.72. The number of hydrogen-bond acceptors (Lipinski definition) is 2. The molecule has 0 atom stereocenters. The predicted octanol–water partition coefficient (Wildman–Crippen LogP) is 3.28. The van der Waals surface area contributed by atoms with Gasteiger partial charge in [-0.05, 0) is 17.5 Å². The van der Waals surface area contributed by atoms with E-state index in [0.717, 1.165) is 5.39 Å². The smallest absolute Gasteiger partial charge is 0.145 e. The maximum absolute atomic E-state index is 13.0. The number of hydrogen-bond donors (Lipinski definition) is 1. The lowest BCUT2D eigenvalue weighted by atomic mass is 10.2. The fraction of sp³-hybridized carbons (Fsp3) is 0. The zero-order valence-corrected chi connectivity index (χ0v) is 7.55. The summed E-state index contributed by atoms with van der Waals surface area (Å²) in [5, 5.41) is 2.83. The van der Waals surface area contributed by atoms with Gasteiger partial charge in [-0.15, -0.1) is 11.3 Å². The molecule has 1 heterocycles. The van der Waals surface area contributed by atoms with Crippen LogP contribution in [0.25, 0.3) is 10.1 Å². The lowest BCUT2D eigenvalue weighted by Gasteiger charge is -1.99. The first-order valence-corrected chi connectivity index (χ1v) is 4.56. The summed E-state index contributed by atoms with van der Waals surface area (Å²) in [4.78, 5) is 0. The van der Waals surface area contributed by atoms with Gasteiger partial charge in [0.15, 0.2) is 0 Å². The lowest BCUT2D eigenvalue weighted by Crippen LogP contribution is -1.87. The Hall–Kier alpha value is -0.800. The van der Waals surface area contributed by atoms with E-state index in [2.05, 4.69) is 0 Å². The van der Waals surface area contributed by atoms with Crippen LogP contribution >= 0.6 is 22.9 Å². The van der Waals surface area contributed by atoms with Crippen LogP contribution in [0.2, 0.25) is 5.02 Å². The van der Waals surface area contributed by atoms with Crippen molar-refractivity contribution in [1.82, 2.24) is 0 Å². The van der Waals surface area contributed by atoms with E-state index in [-0.39, 0.29) is 5.02 Å². The fourth-order valence-corrected chi connectivity index (χ4v) is 2.24. The Balaban J connectivity index is 2.97. The molecule has 62 valence electrons. The lowest BCUT2D eigenvalue weighted by molar-refractivity contribution is 0.631. The largest absolute Gasteiger partial charge is 0.398 e. The number of benzene rings is 1. The van der Waals surface area contributed by atoms with E-state index in [1.807, 2.05) is 11.4 Å². The molecule has 0 saturated heterocycles. The molecule has 0 radical (unpaired) electrons. The standard InChI is InChI=1S/C8H5ClFNS/c9-7-5(10)3-6(11)4-1-2-12-8(4)7/h1-3H,11H2. The van der Waals surface area contributed by atoms with Crippen molar-refractivity contribution in [1.29, 1.82) is 0 Å². The van der Waals surface area contributed by atoms with Gasteiger partial charge in [0.05, 0.1) is 9.72 Å². The molecule has 0 bridgehead atoms. The third-order valence-electron chi connectivity index (χ3n) is 1.67. The molecule has 0 spiro atoms. The molecule has 1 nitrogen and oxygen atoms in total. The molecule has 4 heteroatoms. The minimum Gasteiger partial charge on any atom is -0.398 e. The highest BCUT2D eigenvalue weighted by atomic mass is 35.5. The van der Waals surface area contributed by atoms with E-state index in [1.54, 1.807) is 0 Å². The summed E-state index contributed by atoms with van der Waals surface area (Å²) in [7, 11) is 0.